The van der Waals surface area contributed by atoms with Crippen LogP contribution < -0.4 is 5.73 Å². The van der Waals surface area contributed by atoms with Gasteiger partial charge in [0.25, 0.3) is 0 Å². The molecule has 2 N–H and O–H groups in total. The Labute approximate surface area is 121 Å². The highest BCUT2D eigenvalue weighted by Crippen LogP contribution is 2.31. The molecule has 0 spiro atoms. The highest BCUT2D eigenvalue weighted by molar-refractivity contribution is 5.83. The number of hydrogen-bond acceptors (Lipinski definition) is 2. The van der Waals surface area contributed by atoms with Crippen molar-refractivity contribution in [3.8, 4) is 0 Å². The number of rotatable bonds is 3. The van der Waals surface area contributed by atoms with E-state index in [9.17, 15) is 0 Å². The topological polar surface area (TPSA) is 29.3 Å². The summed E-state index contributed by atoms with van der Waals surface area (Å²) < 4.78 is 0. The number of nitrogens with zero attached hydrogens (tertiary/aromatic N) is 1. The molecule has 2 aromatic carbocycles. The van der Waals surface area contributed by atoms with Crippen LogP contribution >= 0.6 is 0 Å². The van der Waals surface area contributed by atoms with Crippen molar-refractivity contribution in [2.75, 3.05) is 13.1 Å². The lowest BCUT2D eigenvalue weighted by Crippen LogP contribution is -2.46. The molecule has 106 valence electrons. The quantitative estimate of drug-likeness (QED) is 0.919. The summed E-state index contributed by atoms with van der Waals surface area (Å²) in [6.07, 6.45) is 3.56. The van der Waals surface area contributed by atoms with Gasteiger partial charge in [0.2, 0.25) is 0 Å². The van der Waals surface area contributed by atoms with E-state index >= 15 is 0 Å². The summed E-state index contributed by atoms with van der Waals surface area (Å²) in [7, 11) is 0. The Morgan fingerprint density at radius 3 is 2.75 bits per heavy atom. The van der Waals surface area contributed by atoms with Crippen LogP contribution in [0.15, 0.2) is 42.5 Å². The van der Waals surface area contributed by atoms with E-state index in [1.165, 1.54) is 35.7 Å². The standard InChI is InChI=1S/C18H24N2/c1-2-11-20-12-5-8-17(19)18(20)16-10-9-14-6-3-4-7-15(14)13-16/h3-4,6-7,9-10,13,17-18H,2,5,8,11-12,19H2,1H3. The maximum atomic E-state index is 6.43. The molecule has 1 saturated heterocycles. The first-order chi connectivity index (χ1) is 9.79. The molecule has 2 atom stereocenters. The van der Waals surface area contributed by atoms with Gasteiger partial charge in [-0.2, -0.15) is 0 Å². The average molecular weight is 268 g/mol. The van der Waals surface area contributed by atoms with Crippen LogP contribution in [0.3, 0.4) is 0 Å². The molecule has 1 aliphatic heterocycles. The molecule has 2 unspecified atom stereocenters. The molecular weight excluding hydrogens is 244 g/mol. The fraction of sp³-hybridized carbons (Fsp3) is 0.444. The zero-order valence-corrected chi connectivity index (χ0v) is 12.3. The van der Waals surface area contributed by atoms with Crippen molar-refractivity contribution >= 4 is 10.8 Å². The Bertz CT molecular complexity index is 576. The fourth-order valence-electron chi connectivity index (χ4n) is 3.49. The molecular formula is C18H24N2. The molecule has 2 nitrogen and oxygen atoms in total. The molecule has 0 saturated carbocycles. The van der Waals surface area contributed by atoms with Crippen molar-refractivity contribution < 1.29 is 0 Å². The smallest absolute Gasteiger partial charge is 0.0499 e. The minimum atomic E-state index is 0.261. The number of hydrogen-bond donors (Lipinski definition) is 1. The fourth-order valence-corrected chi connectivity index (χ4v) is 3.49. The molecule has 0 aliphatic carbocycles. The Balaban J connectivity index is 1.97. The SMILES string of the molecule is CCCN1CCCC(N)C1c1ccc2ccccc2c1. The monoisotopic (exact) mass is 268 g/mol. The van der Waals surface area contributed by atoms with Gasteiger partial charge >= 0.3 is 0 Å². The molecule has 20 heavy (non-hydrogen) atoms. The van der Waals surface area contributed by atoms with E-state index in [0.29, 0.717) is 6.04 Å². The van der Waals surface area contributed by atoms with Crippen molar-refractivity contribution in [3.63, 3.8) is 0 Å². The van der Waals surface area contributed by atoms with Crippen molar-refractivity contribution in [1.82, 2.24) is 4.90 Å². The van der Waals surface area contributed by atoms with Crippen molar-refractivity contribution in [2.24, 2.45) is 5.73 Å². The Morgan fingerprint density at radius 1 is 1.15 bits per heavy atom. The molecule has 1 fully saturated rings. The van der Waals surface area contributed by atoms with Gasteiger partial charge in [-0.25, -0.2) is 0 Å². The summed E-state index contributed by atoms with van der Waals surface area (Å²) in [5, 5.41) is 2.63. The van der Waals surface area contributed by atoms with Crippen LogP contribution in [0, 0.1) is 0 Å². The predicted molar refractivity (Wildman–Crippen MR) is 85.8 cm³/mol. The molecule has 0 amide bonds. The molecule has 0 aromatic heterocycles. The lowest BCUT2D eigenvalue weighted by atomic mass is 9.89. The van der Waals surface area contributed by atoms with Crippen LogP contribution in [0.4, 0.5) is 0 Å². The van der Waals surface area contributed by atoms with Crippen LogP contribution in [-0.4, -0.2) is 24.0 Å². The summed E-state index contributed by atoms with van der Waals surface area (Å²) in [6.45, 7) is 4.57. The van der Waals surface area contributed by atoms with E-state index in [1.54, 1.807) is 0 Å². The van der Waals surface area contributed by atoms with Gasteiger partial charge in [-0.05, 0) is 54.8 Å². The van der Waals surface area contributed by atoms with Crippen molar-refractivity contribution in [3.05, 3.63) is 48.0 Å². The van der Waals surface area contributed by atoms with E-state index in [2.05, 4.69) is 54.3 Å². The Kier molecular flexibility index (Phi) is 4.04. The van der Waals surface area contributed by atoms with E-state index in [0.717, 1.165) is 13.0 Å². The highest BCUT2D eigenvalue weighted by Gasteiger charge is 2.29. The maximum absolute atomic E-state index is 6.43. The van der Waals surface area contributed by atoms with Crippen LogP contribution in [0.1, 0.15) is 37.8 Å². The van der Waals surface area contributed by atoms with E-state index in [1.807, 2.05) is 0 Å². The second kappa shape index (κ2) is 5.94. The third kappa shape index (κ3) is 2.58. The summed E-state index contributed by atoms with van der Waals surface area (Å²) in [6, 6.07) is 16.0. The van der Waals surface area contributed by atoms with Crippen LogP contribution in [0.5, 0.6) is 0 Å². The number of likely N-dealkylation sites (tertiary alicyclic amines) is 1. The summed E-state index contributed by atoms with van der Waals surface area (Å²) in [5.41, 5.74) is 7.81. The van der Waals surface area contributed by atoms with Crippen LogP contribution in [0.25, 0.3) is 10.8 Å². The summed E-state index contributed by atoms with van der Waals surface area (Å²) >= 11 is 0. The van der Waals surface area contributed by atoms with Gasteiger partial charge in [-0.3, -0.25) is 4.90 Å². The first kappa shape index (κ1) is 13.6. The molecule has 2 heteroatoms. The van der Waals surface area contributed by atoms with E-state index in [-0.39, 0.29) is 6.04 Å². The van der Waals surface area contributed by atoms with Gasteiger partial charge in [-0.1, -0.05) is 43.3 Å². The first-order valence-electron chi connectivity index (χ1n) is 7.78. The Hall–Kier alpha value is -1.38. The third-order valence-corrected chi connectivity index (χ3v) is 4.41. The number of fused-ring (bicyclic) bond motifs is 1. The normalized spacial score (nSPS) is 24.1. The number of piperidine rings is 1. The maximum Gasteiger partial charge on any atom is 0.0499 e. The molecule has 0 radical (unpaired) electrons. The first-order valence-corrected chi connectivity index (χ1v) is 7.78. The minimum Gasteiger partial charge on any atom is -0.326 e. The lowest BCUT2D eigenvalue weighted by molar-refractivity contribution is 0.129. The van der Waals surface area contributed by atoms with Gasteiger partial charge in [0.15, 0.2) is 0 Å². The van der Waals surface area contributed by atoms with Gasteiger partial charge < -0.3 is 5.73 Å². The van der Waals surface area contributed by atoms with E-state index < -0.39 is 0 Å². The van der Waals surface area contributed by atoms with Gasteiger partial charge in [0.1, 0.15) is 0 Å². The molecule has 1 heterocycles. The van der Waals surface area contributed by atoms with Crippen molar-refractivity contribution in [1.29, 1.82) is 0 Å². The summed E-state index contributed by atoms with van der Waals surface area (Å²) in [5.74, 6) is 0. The van der Waals surface area contributed by atoms with Crippen molar-refractivity contribution in [2.45, 2.75) is 38.3 Å². The van der Waals surface area contributed by atoms with Crippen LogP contribution in [0.2, 0.25) is 0 Å². The molecule has 0 bridgehead atoms. The lowest BCUT2D eigenvalue weighted by Gasteiger charge is -2.40. The zero-order chi connectivity index (χ0) is 13.9. The van der Waals surface area contributed by atoms with Gasteiger partial charge in [0.05, 0.1) is 0 Å². The number of nitrogens with two attached hydrogens (primary N) is 1. The third-order valence-electron chi connectivity index (χ3n) is 4.41. The largest absolute Gasteiger partial charge is 0.326 e. The Morgan fingerprint density at radius 2 is 1.95 bits per heavy atom. The van der Waals surface area contributed by atoms with Gasteiger partial charge in [-0.15, -0.1) is 0 Å². The van der Waals surface area contributed by atoms with E-state index in [4.69, 9.17) is 5.73 Å². The average Bonchev–Trinajstić information content (AvgIpc) is 2.47. The second-order valence-electron chi connectivity index (χ2n) is 5.89. The predicted octanol–water partition coefficient (Wildman–Crippen LogP) is 3.71. The molecule has 2 aromatic rings. The highest BCUT2D eigenvalue weighted by atomic mass is 15.2. The zero-order valence-electron chi connectivity index (χ0n) is 12.3. The van der Waals surface area contributed by atoms with Gasteiger partial charge in [0, 0.05) is 12.1 Å². The number of benzene rings is 2. The molecule has 3 rings (SSSR count). The summed E-state index contributed by atoms with van der Waals surface area (Å²) in [4.78, 5) is 2.57. The molecule has 1 aliphatic rings. The minimum absolute atomic E-state index is 0.261. The van der Waals surface area contributed by atoms with Crippen LogP contribution in [-0.2, 0) is 0 Å². The second-order valence-corrected chi connectivity index (χ2v) is 5.89.